The predicted molar refractivity (Wildman–Crippen MR) is 73.0 cm³/mol. The summed E-state index contributed by atoms with van der Waals surface area (Å²) in [4.78, 5) is 14.5. The summed E-state index contributed by atoms with van der Waals surface area (Å²) < 4.78 is 5.28. The summed E-state index contributed by atoms with van der Waals surface area (Å²) in [7, 11) is 1.68. The number of rotatable bonds is 3. The number of likely N-dealkylation sites (tertiary alicyclic amines) is 1. The van der Waals surface area contributed by atoms with Crippen LogP contribution in [0.4, 0.5) is 0 Å². The standard InChI is InChI=1S/C15H20N2O2/c1-19-13-5-2-4-11(8-13)14-6-3-7-17(14)15(18)12-9-16-10-12/h2,4-5,8,12,14,16H,3,6-7,9-10H2,1H3. The molecular formula is C15H20N2O2. The van der Waals surface area contributed by atoms with E-state index in [4.69, 9.17) is 4.74 Å². The van der Waals surface area contributed by atoms with Gasteiger partial charge in [0.05, 0.1) is 19.1 Å². The second kappa shape index (κ2) is 5.21. The molecule has 1 aromatic carbocycles. The van der Waals surface area contributed by atoms with E-state index in [0.717, 1.165) is 38.2 Å². The van der Waals surface area contributed by atoms with Crippen LogP contribution in [0.2, 0.25) is 0 Å². The van der Waals surface area contributed by atoms with Crippen molar-refractivity contribution in [2.45, 2.75) is 18.9 Å². The van der Waals surface area contributed by atoms with Gasteiger partial charge in [0.1, 0.15) is 5.75 Å². The van der Waals surface area contributed by atoms with Crippen molar-refractivity contribution in [3.63, 3.8) is 0 Å². The van der Waals surface area contributed by atoms with Crippen LogP contribution in [0.25, 0.3) is 0 Å². The second-order valence-corrected chi connectivity index (χ2v) is 5.32. The highest BCUT2D eigenvalue weighted by Crippen LogP contribution is 2.34. The van der Waals surface area contributed by atoms with Gasteiger partial charge in [0.2, 0.25) is 5.91 Å². The number of nitrogens with one attached hydrogen (secondary N) is 1. The molecule has 3 rings (SSSR count). The highest BCUT2D eigenvalue weighted by atomic mass is 16.5. The molecule has 1 amide bonds. The molecule has 0 bridgehead atoms. The molecule has 0 spiro atoms. The average molecular weight is 260 g/mol. The normalized spacial score (nSPS) is 23.2. The molecule has 2 saturated heterocycles. The highest BCUT2D eigenvalue weighted by Gasteiger charge is 2.36. The molecule has 2 aliphatic rings. The predicted octanol–water partition coefficient (Wildman–Crippen LogP) is 1.58. The Morgan fingerprint density at radius 1 is 1.42 bits per heavy atom. The van der Waals surface area contributed by atoms with Crippen molar-refractivity contribution in [2.24, 2.45) is 5.92 Å². The van der Waals surface area contributed by atoms with Gasteiger partial charge in [-0.2, -0.15) is 0 Å². The van der Waals surface area contributed by atoms with E-state index in [1.165, 1.54) is 5.56 Å². The van der Waals surface area contributed by atoms with Crippen LogP contribution >= 0.6 is 0 Å². The fraction of sp³-hybridized carbons (Fsp3) is 0.533. The summed E-state index contributed by atoms with van der Waals surface area (Å²) >= 11 is 0. The summed E-state index contributed by atoms with van der Waals surface area (Å²) in [6.45, 7) is 2.55. The molecule has 2 fully saturated rings. The fourth-order valence-electron chi connectivity index (χ4n) is 2.92. The van der Waals surface area contributed by atoms with Crippen molar-refractivity contribution >= 4 is 5.91 Å². The Morgan fingerprint density at radius 3 is 2.95 bits per heavy atom. The molecule has 19 heavy (non-hydrogen) atoms. The molecule has 4 nitrogen and oxygen atoms in total. The van der Waals surface area contributed by atoms with Crippen LogP contribution in [0.5, 0.6) is 5.75 Å². The van der Waals surface area contributed by atoms with Gasteiger partial charge in [-0.1, -0.05) is 12.1 Å². The SMILES string of the molecule is COc1cccc(C2CCCN2C(=O)C2CNC2)c1. The number of ether oxygens (including phenoxy) is 1. The lowest BCUT2D eigenvalue weighted by Gasteiger charge is -2.33. The van der Waals surface area contributed by atoms with E-state index < -0.39 is 0 Å². The first-order valence-corrected chi connectivity index (χ1v) is 6.95. The van der Waals surface area contributed by atoms with E-state index >= 15 is 0 Å². The number of hydrogen-bond donors (Lipinski definition) is 1. The lowest BCUT2D eigenvalue weighted by atomic mass is 9.99. The Kier molecular flexibility index (Phi) is 3.42. The van der Waals surface area contributed by atoms with Crippen molar-refractivity contribution in [1.82, 2.24) is 10.2 Å². The van der Waals surface area contributed by atoms with Crippen LogP contribution in [0.3, 0.4) is 0 Å². The Bertz CT molecular complexity index is 471. The smallest absolute Gasteiger partial charge is 0.228 e. The Morgan fingerprint density at radius 2 is 2.26 bits per heavy atom. The van der Waals surface area contributed by atoms with Gasteiger partial charge in [-0.05, 0) is 30.5 Å². The van der Waals surface area contributed by atoms with Gasteiger partial charge in [-0.3, -0.25) is 4.79 Å². The molecule has 1 atom stereocenters. The summed E-state index contributed by atoms with van der Waals surface area (Å²) in [5.41, 5.74) is 1.19. The van der Waals surface area contributed by atoms with Crippen molar-refractivity contribution < 1.29 is 9.53 Å². The first kappa shape index (κ1) is 12.5. The van der Waals surface area contributed by atoms with Crippen molar-refractivity contribution in [2.75, 3.05) is 26.7 Å². The van der Waals surface area contributed by atoms with E-state index in [9.17, 15) is 4.79 Å². The maximum Gasteiger partial charge on any atom is 0.228 e. The van der Waals surface area contributed by atoms with Gasteiger partial charge in [0.25, 0.3) is 0 Å². The number of methoxy groups -OCH3 is 1. The van der Waals surface area contributed by atoms with Crippen LogP contribution < -0.4 is 10.1 Å². The zero-order chi connectivity index (χ0) is 13.2. The average Bonchev–Trinajstić information content (AvgIpc) is 2.86. The van der Waals surface area contributed by atoms with Gasteiger partial charge in [-0.25, -0.2) is 0 Å². The van der Waals surface area contributed by atoms with Crippen molar-refractivity contribution in [3.05, 3.63) is 29.8 Å². The van der Waals surface area contributed by atoms with Crippen LogP contribution in [-0.4, -0.2) is 37.6 Å². The van der Waals surface area contributed by atoms with E-state index in [1.807, 2.05) is 12.1 Å². The van der Waals surface area contributed by atoms with E-state index in [1.54, 1.807) is 7.11 Å². The molecule has 1 unspecified atom stereocenters. The lowest BCUT2D eigenvalue weighted by molar-refractivity contribution is -0.138. The first-order chi connectivity index (χ1) is 9.29. The van der Waals surface area contributed by atoms with E-state index in [-0.39, 0.29) is 12.0 Å². The Labute approximate surface area is 113 Å². The number of hydrogen-bond acceptors (Lipinski definition) is 3. The molecule has 2 aliphatic heterocycles. The molecule has 4 heteroatoms. The number of carbonyl (C=O) groups is 1. The maximum absolute atomic E-state index is 12.4. The minimum atomic E-state index is 0.186. The largest absolute Gasteiger partial charge is 0.497 e. The van der Waals surface area contributed by atoms with Gasteiger partial charge < -0.3 is 15.0 Å². The van der Waals surface area contributed by atoms with Crippen LogP contribution in [0.1, 0.15) is 24.4 Å². The Balaban J connectivity index is 1.79. The van der Waals surface area contributed by atoms with E-state index in [2.05, 4.69) is 22.3 Å². The molecular weight excluding hydrogens is 240 g/mol. The molecule has 1 aromatic rings. The molecule has 102 valence electrons. The molecule has 0 aromatic heterocycles. The summed E-state index contributed by atoms with van der Waals surface area (Å²) in [6, 6.07) is 8.32. The monoisotopic (exact) mass is 260 g/mol. The summed E-state index contributed by atoms with van der Waals surface area (Å²) in [6.07, 6.45) is 2.15. The van der Waals surface area contributed by atoms with Gasteiger partial charge in [-0.15, -0.1) is 0 Å². The minimum Gasteiger partial charge on any atom is -0.497 e. The topological polar surface area (TPSA) is 41.6 Å². The zero-order valence-electron chi connectivity index (χ0n) is 11.3. The lowest BCUT2D eigenvalue weighted by Crippen LogP contribution is -2.51. The number of amides is 1. The second-order valence-electron chi connectivity index (χ2n) is 5.32. The molecule has 2 heterocycles. The van der Waals surface area contributed by atoms with E-state index in [0.29, 0.717) is 5.91 Å². The molecule has 0 radical (unpaired) electrons. The van der Waals surface area contributed by atoms with Crippen LogP contribution in [0, 0.1) is 5.92 Å². The Hall–Kier alpha value is -1.55. The van der Waals surface area contributed by atoms with Gasteiger partial charge in [0, 0.05) is 19.6 Å². The summed E-state index contributed by atoms with van der Waals surface area (Å²) in [5.74, 6) is 1.36. The summed E-state index contributed by atoms with van der Waals surface area (Å²) in [5, 5.41) is 3.17. The maximum atomic E-state index is 12.4. The molecule has 0 saturated carbocycles. The third kappa shape index (κ3) is 2.32. The number of nitrogens with zero attached hydrogens (tertiary/aromatic N) is 1. The fourth-order valence-corrected chi connectivity index (χ4v) is 2.92. The molecule has 0 aliphatic carbocycles. The molecule has 1 N–H and O–H groups in total. The minimum absolute atomic E-state index is 0.186. The highest BCUT2D eigenvalue weighted by molar-refractivity contribution is 5.81. The third-order valence-corrected chi connectivity index (χ3v) is 4.15. The number of carbonyl (C=O) groups excluding carboxylic acids is 1. The first-order valence-electron chi connectivity index (χ1n) is 6.95. The van der Waals surface area contributed by atoms with Crippen molar-refractivity contribution in [1.29, 1.82) is 0 Å². The zero-order valence-corrected chi connectivity index (χ0v) is 11.3. The van der Waals surface area contributed by atoms with Gasteiger partial charge in [0.15, 0.2) is 0 Å². The van der Waals surface area contributed by atoms with Crippen LogP contribution in [0.15, 0.2) is 24.3 Å². The third-order valence-electron chi connectivity index (χ3n) is 4.15. The number of benzene rings is 1. The quantitative estimate of drug-likeness (QED) is 0.897. The van der Waals surface area contributed by atoms with Crippen molar-refractivity contribution in [3.8, 4) is 5.75 Å². The van der Waals surface area contributed by atoms with Crippen LogP contribution in [-0.2, 0) is 4.79 Å². The van der Waals surface area contributed by atoms with Gasteiger partial charge >= 0.3 is 0 Å².